The molecule has 1 heterocycles. The molecule has 0 radical (unpaired) electrons. The van der Waals surface area contributed by atoms with Gasteiger partial charge in [0.2, 0.25) is 5.91 Å². The molecule has 1 aromatic carbocycles. The summed E-state index contributed by atoms with van der Waals surface area (Å²) in [6, 6.07) is 9.10. The van der Waals surface area contributed by atoms with Crippen LogP contribution in [0.5, 0.6) is 0 Å². The van der Waals surface area contributed by atoms with E-state index < -0.39 is 5.97 Å². The molecule has 0 spiro atoms. The number of anilines is 1. The van der Waals surface area contributed by atoms with Crippen LogP contribution in [-0.4, -0.2) is 17.0 Å². The standard InChI is InChI=1S/C15H13NO3S/c1-10(17)16-13-4-2-3-11(9-13)5-6-12-7-8-20-14(12)15(18)19/h2-9H,1H3,(H,16,17)(H,18,19). The molecule has 0 atom stereocenters. The van der Waals surface area contributed by atoms with Crippen molar-refractivity contribution in [3.8, 4) is 0 Å². The molecule has 4 nitrogen and oxygen atoms in total. The summed E-state index contributed by atoms with van der Waals surface area (Å²) in [7, 11) is 0. The molecule has 5 heteroatoms. The van der Waals surface area contributed by atoms with Gasteiger partial charge >= 0.3 is 5.97 Å². The highest BCUT2D eigenvalue weighted by Gasteiger charge is 2.08. The van der Waals surface area contributed by atoms with Gasteiger partial charge in [-0.3, -0.25) is 4.79 Å². The lowest BCUT2D eigenvalue weighted by Crippen LogP contribution is -2.05. The smallest absolute Gasteiger partial charge is 0.346 e. The zero-order valence-electron chi connectivity index (χ0n) is 10.8. The van der Waals surface area contributed by atoms with E-state index in [1.54, 1.807) is 23.6 Å². The molecule has 2 rings (SSSR count). The average Bonchev–Trinajstić information content (AvgIpc) is 2.84. The third kappa shape index (κ3) is 3.55. The summed E-state index contributed by atoms with van der Waals surface area (Å²) in [5.41, 5.74) is 2.27. The number of amides is 1. The van der Waals surface area contributed by atoms with E-state index in [9.17, 15) is 9.59 Å². The second-order valence-corrected chi connectivity index (χ2v) is 5.07. The Labute approximate surface area is 120 Å². The first-order chi connectivity index (χ1) is 9.56. The first-order valence-electron chi connectivity index (χ1n) is 5.93. The molecule has 0 unspecified atom stereocenters. The van der Waals surface area contributed by atoms with Gasteiger partial charge < -0.3 is 10.4 Å². The summed E-state index contributed by atoms with van der Waals surface area (Å²) < 4.78 is 0. The highest BCUT2D eigenvalue weighted by molar-refractivity contribution is 7.12. The maximum absolute atomic E-state index is 11.0. The van der Waals surface area contributed by atoms with Crippen LogP contribution < -0.4 is 5.32 Å². The fraction of sp³-hybridized carbons (Fsp3) is 0.0667. The fourth-order valence-electron chi connectivity index (χ4n) is 1.73. The Hall–Kier alpha value is -2.40. The number of rotatable bonds is 4. The van der Waals surface area contributed by atoms with Crippen molar-refractivity contribution in [1.82, 2.24) is 0 Å². The Bertz CT molecular complexity index is 673. The minimum Gasteiger partial charge on any atom is -0.477 e. The molecule has 0 fully saturated rings. The predicted molar refractivity (Wildman–Crippen MR) is 81.0 cm³/mol. The largest absolute Gasteiger partial charge is 0.477 e. The van der Waals surface area contributed by atoms with Gasteiger partial charge in [0.25, 0.3) is 0 Å². The van der Waals surface area contributed by atoms with Gasteiger partial charge in [-0.05, 0) is 34.7 Å². The van der Waals surface area contributed by atoms with Crippen LogP contribution in [0.4, 0.5) is 5.69 Å². The monoisotopic (exact) mass is 287 g/mol. The van der Waals surface area contributed by atoms with Crippen LogP contribution in [0.3, 0.4) is 0 Å². The van der Waals surface area contributed by atoms with Crippen LogP contribution in [0, 0.1) is 0 Å². The van der Waals surface area contributed by atoms with Crippen LogP contribution in [0.1, 0.15) is 27.7 Å². The van der Waals surface area contributed by atoms with E-state index in [1.165, 1.54) is 18.3 Å². The van der Waals surface area contributed by atoms with E-state index in [0.29, 0.717) is 16.1 Å². The molecule has 102 valence electrons. The minimum absolute atomic E-state index is 0.128. The zero-order valence-corrected chi connectivity index (χ0v) is 11.6. The number of nitrogens with one attached hydrogen (secondary N) is 1. The molecule has 2 N–H and O–H groups in total. The number of benzene rings is 1. The average molecular weight is 287 g/mol. The van der Waals surface area contributed by atoms with Crippen molar-refractivity contribution in [3.05, 3.63) is 51.7 Å². The molecular formula is C15H13NO3S. The summed E-state index contributed by atoms with van der Waals surface area (Å²) >= 11 is 1.20. The third-order valence-corrected chi connectivity index (χ3v) is 3.47. The van der Waals surface area contributed by atoms with E-state index in [1.807, 2.05) is 24.3 Å². The van der Waals surface area contributed by atoms with Crippen LogP contribution in [-0.2, 0) is 4.79 Å². The molecule has 1 aromatic heterocycles. The van der Waals surface area contributed by atoms with E-state index in [-0.39, 0.29) is 5.91 Å². The van der Waals surface area contributed by atoms with Gasteiger partial charge in [0.15, 0.2) is 0 Å². The molecule has 0 saturated heterocycles. The van der Waals surface area contributed by atoms with Gasteiger partial charge in [0, 0.05) is 12.6 Å². The zero-order chi connectivity index (χ0) is 14.5. The minimum atomic E-state index is -0.924. The van der Waals surface area contributed by atoms with Crippen molar-refractivity contribution in [2.24, 2.45) is 0 Å². The van der Waals surface area contributed by atoms with Gasteiger partial charge in [-0.15, -0.1) is 11.3 Å². The number of carbonyl (C=O) groups excluding carboxylic acids is 1. The summed E-state index contributed by atoms with van der Waals surface area (Å²) in [5.74, 6) is -1.05. The molecule has 0 saturated carbocycles. The van der Waals surface area contributed by atoms with Crippen molar-refractivity contribution in [2.45, 2.75) is 6.92 Å². The Morgan fingerprint density at radius 1 is 1.25 bits per heavy atom. The number of hydrogen-bond donors (Lipinski definition) is 2. The van der Waals surface area contributed by atoms with Crippen LogP contribution >= 0.6 is 11.3 Å². The highest BCUT2D eigenvalue weighted by Crippen LogP contribution is 2.20. The van der Waals surface area contributed by atoms with E-state index in [4.69, 9.17) is 5.11 Å². The maximum atomic E-state index is 11.0. The molecule has 2 aromatic rings. The van der Waals surface area contributed by atoms with E-state index in [2.05, 4.69) is 5.32 Å². The van der Waals surface area contributed by atoms with Gasteiger partial charge in [-0.1, -0.05) is 24.3 Å². The van der Waals surface area contributed by atoms with Crippen molar-refractivity contribution in [1.29, 1.82) is 0 Å². The highest BCUT2D eigenvalue weighted by atomic mass is 32.1. The lowest BCUT2D eigenvalue weighted by Gasteiger charge is -2.02. The van der Waals surface area contributed by atoms with Gasteiger partial charge in [-0.2, -0.15) is 0 Å². The molecular weight excluding hydrogens is 274 g/mol. The quantitative estimate of drug-likeness (QED) is 0.903. The first kappa shape index (κ1) is 14.0. The van der Waals surface area contributed by atoms with Crippen molar-refractivity contribution < 1.29 is 14.7 Å². The van der Waals surface area contributed by atoms with Crippen LogP contribution in [0.2, 0.25) is 0 Å². The molecule has 0 aliphatic rings. The number of carboxylic acid groups (broad SMARTS) is 1. The number of aromatic carboxylic acids is 1. The Morgan fingerprint density at radius 3 is 2.75 bits per heavy atom. The number of thiophene rings is 1. The summed E-state index contributed by atoms with van der Waals surface area (Å²) in [5, 5.41) is 13.5. The predicted octanol–water partition coefficient (Wildman–Crippen LogP) is 3.58. The molecule has 20 heavy (non-hydrogen) atoms. The normalized spacial score (nSPS) is 10.7. The van der Waals surface area contributed by atoms with E-state index in [0.717, 1.165) is 5.56 Å². The Kier molecular flexibility index (Phi) is 4.32. The van der Waals surface area contributed by atoms with Crippen molar-refractivity contribution in [3.63, 3.8) is 0 Å². The van der Waals surface area contributed by atoms with E-state index >= 15 is 0 Å². The number of carboxylic acids is 1. The maximum Gasteiger partial charge on any atom is 0.346 e. The first-order valence-corrected chi connectivity index (χ1v) is 6.81. The van der Waals surface area contributed by atoms with Gasteiger partial charge in [-0.25, -0.2) is 4.79 Å². The SMILES string of the molecule is CC(=O)Nc1cccc(C=Cc2ccsc2C(=O)O)c1. The molecule has 1 amide bonds. The van der Waals surface area contributed by atoms with Gasteiger partial charge in [0.1, 0.15) is 4.88 Å². The van der Waals surface area contributed by atoms with Crippen LogP contribution in [0.25, 0.3) is 12.2 Å². The number of hydrogen-bond acceptors (Lipinski definition) is 3. The topological polar surface area (TPSA) is 66.4 Å². The molecule has 0 aliphatic heterocycles. The lowest BCUT2D eigenvalue weighted by atomic mass is 10.1. The molecule has 0 aliphatic carbocycles. The molecule has 0 bridgehead atoms. The second-order valence-electron chi connectivity index (χ2n) is 4.15. The summed E-state index contributed by atoms with van der Waals surface area (Å²) in [4.78, 5) is 22.3. The Morgan fingerprint density at radius 2 is 2.05 bits per heavy atom. The lowest BCUT2D eigenvalue weighted by molar-refractivity contribution is -0.114. The third-order valence-electron chi connectivity index (χ3n) is 2.55. The Balaban J connectivity index is 2.21. The van der Waals surface area contributed by atoms with Crippen molar-refractivity contribution in [2.75, 3.05) is 5.32 Å². The second kappa shape index (κ2) is 6.16. The van der Waals surface area contributed by atoms with Crippen LogP contribution in [0.15, 0.2) is 35.7 Å². The number of carbonyl (C=O) groups is 2. The van der Waals surface area contributed by atoms with Gasteiger partial charge in [0.05, 0.1) is 0 Å². The summed E-state index contributed by atoms with van der Waals surface area (Å²) in [6.45, 7) is 1.45. The fourth-order valence-corrected chi connectivity index (χ4v) is 2.46. The van der Waals surface area contributed by atoms with Crippen molar-refractivity contribution >= 4 is 41.1 Å². The summed E-state index contributed by atoms with van der Waals surface area (Å²) in [6.07, 6.45) is 3.58.